The molecule has 0 spiro atoms. The van der Waals surface area contributed by atoms with Crippen molar-refractivity contribution in [3.63, 3.8) is 0 Å². The number of amides is 3. The molecule has 3 amide bonds. The van der Waals surface area contributed by atoms with Gasteiger partial charge in [0.05, 0.1) is 7.11 Å². The molecule has 6 nitrogen and oxygen atoms in total. The van der Waals surface area contributed by atoms with Crippen LogP contribution in [0.5, 0.6) is 5.75 Å². The van der Waals surface area contributed by atoms with Crippen LogP contribution in [0.2, 0.25) is 0 Å². The van der Waals surface area contributed by atoms with E-state index < -0.39 is 6.03 Å². The number of likely N-dealkylation sites (N-methyl/N-ethyl adjacent to an activating group) is 1. The van der Waals surface area contributed by atoms with Gasteiger partial charge in [0.1, 0.15) is 11.4 Å². The van der Waals surface area contributed by atoms with Gasteiger partial charge in [-0.25, -0.2) is 4.79 Å². The molecular weight excluding hydrogens is 306 g/mol. The highest BCUT2D eigenvalue weighted by Gasteiger charge is 2.30. The molecule has 24 heavy (non-hydrogen) atoms. The molecule has 0 saturated carbocycles. The maximum atomic E-state index is 12.0. The Morgan fingerprint density at radius 3 is 2.33 bits per heavy atom. The van der Waals surface area contributed by atoms with Gasteiger partial charge >= 0.3 is 6.03 Å². The number of nitrogens with zero attached hydrogens (tertiary/aromatic N) is 2. The van der Waals surface area contributed by atoms with Crippen LogP contribution in [0.3, 0.4) is 0 Å². The van der Waals surface area contributed by atoms with Gasteiger partial charge in [-0.1, -0.05) is 0 Å². The number of carbonyl (C=O) groups excluding carboxylic acids is 2. The molecule has 1 aromatic heterocycles. The van der Waals surface area contributed by atoms with Crippen LogP contribution < -0.4 is 10.1 Å². The average molecular weight is 325 g/mol. The molecule has 3 rings (SSSR count). The zero-order valence-electron chi connectivity index (χ0n) is 14.1. The molecule has 6 heteroatoms. The number of hydrogen-bond donors (Lipinski definition) is 1. The van der Waals surface area contributed by atoms with Crippen LogP contribution in [0, 0.1) is 13.8 Å². The van der Waals surface area contributed by atoms with Crippen molar-refractivity contribution in [3.05, 3.63) is 53.0 Å². The normalized spacial score (nSPS) is 16.0. The molecule has 1 aliphatic heterocycles. The van der Waals surface area contributed by atoms with Crippen molar-refractivity contribution >= 4 is 18.0 Å². The minimum Gasteiger partial charge on any atom is -0.497 e. The van der Waals surface area contributed by atoms with E-state index in [2.05, 4.69) is 9.88 Å². The van der Waals surface area contributed by atoms with Crippen LogP contribution in [0.15, 0.2) is 36.0 Å². The fraction of sp³-hybridized carbons (Fsp3) is 0.222. The number of methoxy groups -OCH3 is 1. The van der Waals surface area contributed by atoms with E-state index in [-0.39, 0.29) is 11.6 Å². The summed E-state index contributed by atoms with van der Waals surface area (Å²) in [5, 5.41) is 2.59. The van der Waals surface area contributed by atoms with Gasteiger partial charge in [-0.3, -0.25) is 9.69 Å². The van der Waals surface area contributed by atoms with E-state index in [4.69, 9.17) is 4.74 Å². The molecule has 1 aliphatic rings. The van der Waals surface area contributed by atoms with Gasteiger partial charge in [0.2, 0.25) is 0 Å². The van der Waals surface area contributed by atoms with Gasteiger partial charge in [-0.2, -0.15) is 0 Å². The van der Waals surface area contributed by atoms with E-state index in [9.17, 15) is 9.59 Å². The summed E-state index contributed by atoms with van der Waals surface area (Å²) in [6, 6.07) is 9.35. The number of aromatic nitrogens is 1. The van der Waals surface area contributed by atoms with Gasteiger partial charge in [-0.05, 0) is 55.8 Å². The SMILES string of the molecule is COc1ccc(-n2c(C)cc(/C=C3/NC(=O)N(C)C3=O)c2C)cc1. The minimum atomic E-state index is -0.407. The first-order chi connectivity index (χ1) is 11.4. The Balaban J connectivity index is 2.01. The Hall–Kier alpha value is -3.02. The standard InChI is InChI=1S/C18H19N3O3/c1-11-9-13(10-16-17(22)20(3)18(23)19-16)12(2)21(11)14-5-7-15(24-4)8-6-14/h5-10H,1-4H3,(H,19,23)/b16-10+. The zero-order valence-corrected chi connectivity index (χ0v) is 14.1. The van der Waals surface area contributed by atoms with Gasteiger partial charge in [-0.15, -0.1) is 0 Å². The van der Waals surface area contributed by atoms with Crippen LogP contribution >= 0.6 is 0 Å². The van der Waals surface area contributed by atoms with E-state index in [1.165, 1.54) is 7.05 Å². The topological polar surface area (TPSA) is 63.6 Å². The Morgan fingerprint density at radius 1 is 1.12 bits per heavy atom. The third-order valence-corrected chi connectivity index (χ3v) is 4.18. The monoisotopic (exact) mass is 325 g/mol. The number of carbonyl (C=O) groups is 2. The van der Waals surface area contributed by atoms with E-state index in [0.717, 1.165) is 33.3 Å². The summed E-state index contributed by atoms with van der Waals surface area (Å²) < 4.78 is 7.28. The van der Waals surface area contributed by atoms with Crippen molar-refractivity contribution in [3.8, 4) is 11.4 Å². The van der Waals surface area contributed by atoms with Crippen molar-refractivity contribution in [1.82, 2.24) is 14.8 Å². The molecule has 1 saturated heterocycles. The van der Waals surface area contributed by atoms with Crippen molar-refractivity contribution in [1.29, 1.82) is 0 Å². The van der Waals surface area contributed by atoms with Crippen molar-refractivity contribution < 1.29 is 14.3 Å². The van der Waals surface area contributed by atoms with Gasteiger partial charge in [0.15, 0.2) is 0 Å². The predicted octanol–water partition coefficient (Wildman–Crippen LogP) is 2.63. The molecule has 0 unspecified atom stereocenters. The fourth-order valence-electron chi connectivity index (χ4n) is 2.84. The van der Waals surface area contributed by atoms with Gasteiger partial charge in [0, 0.05) is 24.1 Å². The lowest BCUT2D eigenvalue weighted by Gasteiger charge is -2.10. The summed E-state index contributed by atoms with van der Waals surface area (Å²) >= 11 is 0. The highest BCUT2D eigenvalue weighted by Crippen LogP contribution is 2.25. The van der Waals surface area contributed by atoms with Crippen LogP contribution in [0.25, 0.3) is 11.8 Å². The first-order valence-electron chi connectivity index (χ1n) is 7.56. The summed E-state index contributed by atoms with van der Waals surface area (Å²) in [6.45, 7) is 3.98. The third kappa shape index (κ3) is 2.56. The van der Waals surface area contributed by atoms with E-state index in [0.29, 0.717) is 0 Å². The number of benzene rings is 1. The van der Waals surface area contributed by atoms with Crippen molar-refractivity contribution in [2.24, 2.45) is 0 Å². The summed E-state index contributed by atoms with van der Waals surface area (Å²) in [7, 11) is 3.09. The Kier molecular flexibility index (Phi) is 3.89. The van der Waals surface area contributed by atoms with Crippen molar-refractivity contribution in [2.45, 2.75) is 13.8 Å². The molecule has 124 valence electrons. The number of ether oxygens (including phenoxy) is 1. The van der Waals surface area contributed by atoms with E-state index >= 15 is 0 Å². The minimum absolute atomic E-state index is 0.289. The second-order valence-electron chi connectivity index (χ2n) is 5.71. The fourth-order valence-corrected chi connectivity index (χ4v) is 2.84. The lowest BCUT2D eigenvalue weighted by atomic mass is 10.2. The molecule has 0 radical (unpaired) electrons. The Labute approximate surface area is 140 Å². The first-order valence-corrected chi connectivity index (χ1v) is 7.56. The van der Waals surface area contributed by atoms with Crippen LogP contribution in [-0.4, -0.2) is 35.6 Å². The second-order valence-corrected chi connectivity index (χ2v) is 5.71. The molecular formula is C18H19N3O3. The molecule has 2 aromatic rings. The number of urea groups is 1. The predicted molar refractivity (Wildman–Crippen MR) is 91.1 cm³/mol. The maximum absolute atomic E-state index is 12.0. The molecule has 1 N–H and O–H groups in total. The highest BCUT2D eigenvalue weighted by atomic mass is 16.5. The number of hydrogen-bond acceptors (Lipinski definition) is 3. The average Bonchev–Trinajstić information content (AvgIpc) is 2.98. The van der Waals surface area contributed by atoms with Crippen LogP contribution in [-0.2, 0) is 4.79 Å². The Bertz CT molecular complexity index is 847. The molecule has 0 atom stereocenters. The van der Waals surface area contributed by atoms with Crippen LogP contribution in [0.4, 0.5) is 4.79 Å². The lowest BCUT2D eigenvalue weighted by molar-refractivity contribution is -0.121. The smallest absolute Gasteiger partial charge is 0.328 e. The lowest BCUT2D eigenvalue weighted by Crippen LogP contribution is -2.25. The molecule has 2 heterocycles. The summed E-state index contributed by atoms with van der Waals surface area (Å²) in [5.41, 5.74) is 4.21. The van der Waals surface area contributed by atoms with Crippen molar-refractivity contribution in [2.75, 3.05) is 14.2 Å². The van der Waals surface area contributed by atoms with E-state index in [1.54, 1.807) is 13.2 Å². The third-order valence-electron chi connectivity index (χ3n) is 4.18. The summed E-state index contributed by atoms with van der Waals surface area (Å²) in [6.07, 6.45) is 1.71. The van der Waals surface area contributed by atoms with Gasteiger partial charge < -0.3 is 14.6 Å². The Morgan fingerprint density at radius 2 is 1.79 bits per heavy atom. The number of aryl methyl sites for hydroxylation is 1. The molecule has 0 bridgehead atoms. The summed E-state index contributed by atoms with van der Waals surface area (Å²) in [4.78, 5) is 24.6. The van der Waals surface area contributed by atoms with E-state index in [1.807, 2.05) is 44.2 Å². The largest absolute Gasteiger partial charge is 0.497 e. The summed E-state index contributed by atoms with van der Waals surface area (Å²) in [5.74, 6) is 0.472. The highest BCUT2D eigenvalue weighted by molar-refractivity contribution is 6.13. The number of rotatable bonds is 3. The molecule has 1 fully saturated rings. The quantitative estimate of drug-likeness (QED) is 0.697. The number of imide groups is 1. The zero-order chi connectivity index (χ0) is 17.4. The van der Waals surface area contributed by atoms with Gasteiger partial charge in [0.25, 0.3) is 5.91 Å². The molecule has 1 aromatic carbocycles. The molecule has 0 aliphatic carbocycles. The number of nitrogens with one attached hydrogen (secondary N) is 1. The maximum Gasteiger partial charge on any atom is 0.328 e. The van der Waals surface area contributed by atoms with Crippen LogP contribution in [0.1, 0.15) is 17.0 Å². The first kappa shape index (κ1) is 15.9. The second kappa shape index (κ2) is 5.88.